The van der Waals surface area contributed by atoms with Crippen LogP contribution in [-0.2, 0) is 4.79 Å². The fourth-order valence-electron chi connectivity index (χ4n) is 2.87. The van der Waals surface area contributed by atoms with Crippen molar-refractivity contribution in [2.75, 3.05) is 17.9 Å². The number of anilines is 1. The van der Waals surface area contributed by atoms with Crippen molar-refractivity contribution in [3.8, 4) is 11.5 Å². The molecule has 2 aromatic carbocycles. The van der Waals surface area contributed by atoms with Gasteiger partial charge in [-0.2, -0.15) is 0 Å². The fourth-order valence-corrected chi connectivity index (χ4v) is 2.87. The number of aryl methyl sites for hydroxylation is 2. The first-order valence-electron chi connectivity index (χ1n) is 9.55. The summed E-state index contributed by atoms with van der Waals surface area (Å²) in [5.41, 5.74) is 5.88. The van der Waals surface area contributed by atoms with E-state index >= 15 is 0 Å². The number of nitrogens with zero attached hydrogens (tertiary/aromatic N) is 1. The fraction of sp³-hybridized carbons (Fsp3) is 0.217. The van der Waals surface area contributed by atoms with Crippen molar-refractivity contribution in [2.24, 2.45) is 0 Å². The zero-order chi connectivity index (χ0) is 21.7. The first kappa shape index (κ1) is 21.0. The van der Waals surface area contributed by atoms with Crippen molar-refractivity contribution < 1.29 is 19.1 Å². The van der Waals surface area contributed by atoms with Crippen LogP contribution in [0.25, 0.3) is 0 Å². The van der Waals surface area contributed by atoms with Gasteiger partial charge < -0.3 is 14.8 Å². The molecule has 0 aliphatic rings. The second-order valence-electron chi connectivity index (χ2n) is 6.89. The van der Waals surface area contributed by atoms with Gasteiger partial charge in [0, 0.05) is 22.6 Å². The molecule has 1 aromatic heterocycles. The van der Waals surface area contributed by atoms with Crippen molar-refractivity contribution in [1.29, 1.82) is 0 Å². The number of carbonyl (C=O) groups excluding carboxylic acids is 2. The number of hydrogen-bond donors (Lipinski definition) is 2. The van der Waals surface area contributed by atoms with Crippen LogP contribution in [0.15, 0.2) is 60.7 Å². The van der Waals surface area contributed by atoms with E-state index in [-0.39, 0.29) is 11.8 Å². The van der Waals surface area contributed by atoms with Crippen LogP contribution in [0.2, 0.25) is 0 Å². The Morgan fingerprint density at radius 1 is 0.867 bits per heavy atom. The zero-order valence-electron chi connectivity index (χ0n) is 17.4. The summed E-state index contributed by atoms with van der Waals surface area (Å²) >= 11 is 0. The first-order valence-corrected chi connectivity index (χ1v) is 9.55. The van der Waals surface area contributed by atoms with E-state index in [2.05, 4.69) is 10.7 Å². The number of aromatic nitrogens is 1. The average Bonchev–Trinajstić information content (AvgIpc) is 3.06. The van der Waals surface area contributed by atoms with Crippen LogP contribution < -0.4 is 20.2 Å². The van der Waals surface area contributed by atoms with E-state index in [1.807, 2.05) is 26.0 Å². The second-order valence-corrected chi connectivity index (χ2v) is 6.89. The molecule has 2 N–H and O–H groups in total. The van der Waals surface area contributed by atoms with Gasteiger partial charge in [0.1, 0.15) is 11.5 Å². The molecule has 0 fully saturated rings. The molecule has 1 heterocycles. The lowest BCUT2D eigenvalue weighted by Gasteiger charge is -2.15. The Morgan fingerprint density at radius 2 is 1.43 bits per heavy atom. The Balaban J connectivity index is 1.57. The monoisotopic (exact) mass is 407 g/mol. The molecule has 0 radical (unpaired) electrons. The molecule has 30 heavy (non-hydrogen) atoms. The number of carbonyl (C=O) groups is 2. The molecule has 2 amide bonds. The predicted molar refractivity (Wildman–Crippen MR) is 116 cm³/mol. The standard InChI is InChI=1S/C23H25N3O4/c1-15-5-6-16(2)26(15)25-23(28)18-7-11-21(12-8-18)30-17(3)22(27)24-19-9-13-20(29-4)14-10-19/h5-14,17H,1-4H3,(H,24,27)(H,25,28)/t17-/m0/s1. The summed E-state index contributed by atoms with van der Waals surface area (Å²) in [4.78, 5) is 24.8. The number of hydrogen-bond acceptors (Lipinski definition) is 4. The SMILES string of the molecule is COc1ccc(NC(=O)[C@H](C)Oc2ccc(C(=O)Nn3c(C)ccc3C)cc2)cc1. The Kier molecular flexibility index (Phi) is 6.41. The van der Waals surface area contributed by atoms with Crippen LogP contribution in [0.3, 0.4) is 0 Å². The third kappa shape index (κ3) is 5.00. The van der Waals surface area contributed by atoms with E-state index in [4.69, 9.17) is 9.47 Å². The number of amides is 2. The third-order valence-electron chi connectivity index (χ3n) is 4.64. The summed E-state index contributed by atoms with van der Waals surface area (Å²) in [5.74, 6) is 0.704. The van der Waals surface area contributed by atoms with Gasteiger partial charge in [-0.25, -0.2) is 0 Å². The number of rotatable bonds is 7. The summed E-state index contributed by atoms with van der Waals surface area (Å²) in [6.45, 7) is 5.50. The van der Waals surface area contributed by atoms with Gasteiger partial charge in [0.25, 0.3) is 11.8 Å². The number of methoxy groups -OCH3 is 1. The van der Waals surface area contributed by atoms with Crippen LogP contribution >= 0.6 is 0 Å². The highest BCUT2D eigenvalue weighted by Crippen LogP contribution is 2.17. The molecule has 0 aliphatic carbocycles. The lowest BCUT2D eigenvalue weighted by atomic mass is 10.2. The Bertz CT molecular complexity index is 1000. The lowest BCUT2D eigenvalue weighted by Crippen LogP contribution is -2.30. The maximum Gasteiger partial charge on any atom is 0.270 e. The summed E-state index contributed by atoms with van der Waals surface area (Å²) in [6.07, 6.45) is -0.711. The van der Waals surface area contributed by atoms with Crippen molar-refractivity contribution in [3.63, 3.8) is 0 Å². The smallest absolute Gasteiger partial charge is 0.270 e. The van der Waals surface area contributed by atoms with E-state index in [0.717, 1.165) is 11.4 Å². The van der Waals surface area contributed by atoms with Gasteiger partial charge in [0.15, 0.2) is 6.10 Å². The van der Waals surface area contributed by atoms with Gasteiger partial charge in [0.05, 0.1) is 7.11 Å². The molecule has 0 bridgehead atoms. The highest BCUT2D eigenvalue weighted by molar-refractivity contribution is 6.00. The van der Waals surface area contributed by atoms with Crippen LogP contribution in [0.4, 0.5) is 5.69 Å². The second kappa shape index (κ2) is 9.17. The average molecular weight is 407 g/mol. The number of ether oxygens (including phenoxy) is 2. The lowest BCUT2D eigenvalue weighted by molar-refractivity contribution is -0.122. The van der Waals surface area contributed by atoms with Crippen LogP contribution in [-0.4, -0.2) is 29.7 Å². The molecule has 1 atom stereocenters. The topological polar surface area (TPSA) is 81.6 Å². The quantitative estimate of drug-likeness (QED) is 0.622. The predicted octanol–water partition coefficient (Wildman–Crippen LogP) is 3.90. The van der Waals surface area contributed by atoms with E-state index < -0.39 is 6.10 Å². The molecule has 3 aromatic rings. The van der Waals surface area contributed by atoms with Crippen LogP contribution in [0.1, 0.15) is 28.7 Å². The highest BCUT2D eigenvalue weighted by atomic mass is 16.5. The molecule has 3 rings (SSSR count). The summed E-state index contributed by atoms with van der Waals surface area (Å²) in [5, 5.41) is 2.79. The maximum atomic E-state index is 12.5. The first-order chi connectivity index (χ1) is 14.4. The van der Waals surface area contributed by atoms with Crippen molar-refractivity contribution in [2.45, 2.75) is 26.9 Å². The largest absolute Gasteiger partial charge is 0.497 e. The Labute approximate surface area is 175 Å². The normalized spacial score (nSPS) is 11.5. The minimum atomic E-state index is -0.711. The molecular formula is C23H25N3O4. The molecule has 0 unspecified atom stereocenters. The molecular weight excluding hydrogens is 382 g/mol. The van der Waals surface area contributed by atoms with Crippen LogP contribution in [0, 0.1) is 13.8 Å². The molecule has 7 heteroatoms. The van der Waals surface area contributed by atoms with Crippen molar-refractivity contribution in [3.05, 3.63) is 77.6 Å². The Hall–Kier alpha value is -3.74. The zero-order valence-corrected chi connectivity index (χ0v) is 17.4. The van der Waals surface area contributed by atoms with Crippen molar-refractivity contribution in [1.82, 2.24) is 4.68 Å². The van der Waals surface area contributed by atoms with E-state index in [9.17, 15) is 9.59 Å². The van der Waals surface area contributed by atoms with Gasteiger partial charge in [0.2, 0.25) is 0 Å². The molecule has 0 spiro atoms. The highest BCUT2D eigenvalue weighted by Gasteiger charge is 2.16. The minimum Gasteiger partial charge on any atom is -0.497 e. The minimum absolute atomic E-state index is 0.228. The molecule has 0 saturated heterocycles. The van der Waals surface area contributed by atoms with Crippen molar-refractivity contribution >= 4 is 17.5 Å². The van der Waals surface area contributed by atoms with E-state index in [1.165, 1.54) is 0 Å². The molecule has 156 valence electrons. The van der Waals surface area contributed by atoms with Gasteiger partial charge >= 0.3 is 0 Å². The molecule has 7 nitrogen and oxygen atoms in total. The van der Waals surface area contributed by atoms with Gasteiger partial charge in [-0.05, 0) is 81.4 Å². The number of nitrogens with one attached hydrogen (secondary N) is 2. The summed E-state index contributed by atoms with van der Waals surface area (Å²) in [7, 11) is 1.58. The van der Waals surface area contributed by atoms with Crippen LogP contribution in [0.5, 0.6) is 11.5 Å². The molecule has 0 aliphatic heterocycles. The Morgan fingerprint density at radius 3 is 2.00 bits per heavy atom. The third-order valence-corrected chi connectivity index (χ3v) is 4.64. The summed E-state index contributed by atoms with van der Waals surface area (Å²) < 4.78 is 12.5. The van der Waals surface area contributed by atoms with Gasteiger partial charge in [-0.1, -0.05) is 0 Å². The maximum absolute atomic E-state index is 12.5. The summed E-state index contributed by atoms with van der Waals surface area (Å²) in [6, 6.07) is 17.6. The molecule has 0 saturated carbocycles. The van der Waals surface area contributed by atoms with E-state index in [1.54, 1.807) is 67.2 Å². The number of benzene rings is 2. The van der Waals surface area contributed by atoms with Gasteiger partial charge in [-0.3, -0.25) is 19.7 Å². The van der Waals surface area contributed by atoms with Gasteiger partial charge in [-0.15, -0.1) is 0 Å². The van der Waals surface area contributed by atoms with E-state index in [0.29, 0.717) is 22.7 Å².